The van der Waals surface area contributed by atoms with E-state index in [0.717, 1.165) is 5.56 Å². The molecule has 3 heteroatoms. The Balaban J connectivity index is 2.57. The van der Waals surface area contributed by atoms with Crippen molar-refractivity contribution in [3.8, 4) is 11.8 Å². The Morgan fingerprint density at radius 2 is 2.11 bits per heavy atom. The van der Waals surface area contributed by atoms with Crippen molar-refractivity contribution in [2.24, 2.45) is 0 Å². The molecule has 96 valence electrons. The molecule has 1 rings (SSSR count). The van der Waals surface area contributed by atoms with Gasteiger partial charge in [0.1, 0.15) is 0 Å². The van der Waals surface area contributed by atoms with Gasteiger partial charge in [-0.2, -0.15) is 0 Å². The SMILES string of the molecule is CC#CCCC(=O)N[C@@H](COC)c1ccccc1. The van der Waals surface area contributed by atoms with Crippen LogP contribution in [0, 0.1) is 11.8 Å². The Labute approximate surface area is 109 Å². The van der Waals surface area contributed by atoms with Crippen molar-refractivity contribution in [1.29, 1.82) is 0 Å². The molecule has 1 amide bonds. The van der Waals surface area contributed by atoms with Crippen molar-refractivity contribution < 1.29 is 9.53 Å². The smallest absolute Gasteiger partial charge is 0.221 e. The highest BCUT2D eigenvalue weighted by molar-refractivity contribution is 5.76. The van der Waals surface area contributed by atoms with E-state index in [9.17, 15) is 4.79 Å². The second-order valence-electron chi connectivity index (χ2n) is 3.91. The molecule has 18 heavy (non-hydrogen) atoms. The van der Waals surface area contributed by atoms with E-state index in [-0.39, 0.29) is 11.9 Å². The number of methoxy groups -OCH3 is 1. The Bertz CT molecular complexity index is 417. The molecule has 0 radical (unpaired) electrons. The number of benzene rings is 1. The first kappa shape index (κ1) is 14.3. The van der Waals surface area contributed by atoms with Crippen LogP contribution >= 0.6 is 0 Å². The van der Waals surface area contributed by atoms with E-state index < -0.39 is 0 Å². The molecule has 0 spiro atoms. The summed E-state index contributed by atoms with van der Waals surface area (Å²) in [5.41, 5.74) is 1.05. The van der Waals surface area contributed by atoms with Crippen LogP contribution in [0.4, 0.5) is 0 Å². The molecule has 3 nitrogen and oxygen atoms in total. The molecule has 0 saturated carbocycles. The molecule has 0 aliphatic rings. The minimum absolute atomic E-state index is 0.00338. The molecule has 1 aromatic carbocycles. The van der Waals surface area contributed by atoms with E-state index in [2.05, 4.69) is 17.2 Å². The van der Waals surface area contributed by atoms with Crippen LogP contribution in [-0.4, -0.2) is 19.6 Å². The number of amides is 1. The van der Waals surface area contributed by atoms with Crippen LogP contribution in [0.2, 0.25) is 0 Å². The van der Waals surface area contributed by atoms with E-state index in [4.69, 9.17) is 4.74 Å². The zero-order chi connectivity index (χ0) is 13.2. The molecule has 1 atom stereocenters. The molecular weight excluding hydrogens is 226 g/mol. The van der Waals surface area contributed by atoms with Crippen molar-refractivity contribution in [3.63, 3.8) is 0 Å². The number of hydrogen-bond acceptors (Lipinski definition) is 2. The Morgan fingerprint density at radius 3 is 2.72 bits per heavy atom. The monoisotopic (exact) mass is 245 g/mol. The summed E-state index contributed by atoms with van der Waals surface area (Å²) < 4.78 is 5.14. The summed E-state index contributed by atoms with van der Waals surface area (Å²) in [5, 5.41) is 2.96. The summed E-state index contributed by atoms with van der Waals surface area (Å²) in [4.78, 5) is 11.7. The van der Waals surface area contributed by atoms with E-state index in [1.807, 2.05) is 30.3 Å². The predicted octanol–water partition coefficient (Wildman–Crippen LogP) is 2.29. The third kappa shape index (κ3) is 5.03. The van der Waals surface area contributed by atoms with Crippen molar-refractivity contribution in [2.75, 3.05) is 13.7 Å². The predicted molar refractivity (Wildman–Crippen MR) is 71.9 cm³/mol. The molecule has 0 unspecified atom stereocenters. The van der Waals surface area contributed by atoms with Crippen LogP contribution in [0.25, 0.3) is 0 Å². The number of carbonyl (C=O) groups excluding carboxylic acids is 1. The van der Waals surface area contributed by atoms with E-state index in [1.165, 1.54) is 0 Å². The molecule has 0 aliphatic heterocycles. The zero-order valence-corrected chi connectivity index (χ0v) is 10.9. The van der Waals surface area contributed by atoms with Crippen LogP contribution in [0.3, 0.4) is 0 Å². The van der Waals surface area contributed by atoms with Gasteiger partial charge in [0.15, 0.2) is 0 Å². The molecular formula is C15H19NO2. The number of rotatable bonds is 6. The maximum absolute atomic E-state index is 11.7. The highest BCUT2D eigenvalue weighted by atomic mass is 16.5. The van der Waals surface area contributed by atoms with Crippen molar-refractivity contribution in [1.82, 2.24) is 5.32 Å². The number of nitrogens with one attached hydrogen (secondary N) is 1. The van der Waals surface area contributed by atoms with E-state index in [1.54, 1.807) is 14.0 Å². The maximum Gasteiger partial charge on any atom is 0.221 e. The van der Waals surface area contributed by atoms with Gasteiger partial charge in [0.25, 0.3) is 0 Å². The lowest BCUT2D eigenvalue weighted by molar-refractivity contribution is -0.122. The normalized spacial score (nSPS) is 11.2. The first-order valence-corrected chi connectivity index (χ1v) is 6.00. The van der Waals surface area contributed by atoms with Crippen LogP contribution in [0.1, 0.15) is 31.4 Å². The molecule has 0 fully saturated rings. The van der Waals surface area contributed by atoms with Crippen LogP contribution in [0.15, 0.2) is 30.3 Å². The van der Waals surface area contributed by atoms with Gasteiger partial charge < -0.3 is 10.1 Å². The first-order chi connectivity index (χ1) is 8.77. The minimum atomic E-state index is -0.0988. The van der Waals surface area contributed by atoms with Gasteiger partial charge in [0, 0.05) is 20.0 Å². The van der Waals surface area contributed by atoms with Crippen molar-refractivity contribution in [3.05, 3.63) is 35.9 Å². The average Bonchev–Trinajstić information content (AvgIpc) is 2.39. The fourth-order valence-corrected chi connectivity index (χ4v) is 1.64. The van der Waals surface area contributed by atoms with Crippen molar-refractivity contribution in [2.45, 2.75) is 25.8 Å². The summed E-state index contributed by atoms with van der Waals surface area (Å²) in [7, 11) is 1.63. The number of ether oxygens (including phenoxy) is 1. The van der Waals surface area contributed by atoms with E-state index >= 15 is 0 Å². The second kappa shape index (κ2) is 8.32. The van der Waals surface area contributed by atoms with Gasteiger partial charge in [-0.3, -0.25) is 4.79 Å². The fraction of sp³-hybridized carbons (Fsp3) is 0.400. The summed E-state index contributed by atoms with van der Waals surface area (Å²) in [5.74, 6) is 5.66. The lowest BCUT2D eigenvalue weighted by Crippen LogP contribution is -2.31. The van der Waals surface area contributed by atoms with E-state index in [0.29, 0.717) is 19.4 Å². The van der Waals surface area contributed by atoms with Gasteiger partial charge in [0.05, 0.1) is 12.6 Å². The number of carbonyl (C=O) groups is 1. The third-order valence-corrected chi connectivity index (χ3v) is 2.52. The first-order valence-electron chi connectivity index (χ1n) is 6.00. The third-order valence-electron chi connectivity index (χ3n) is 2.52. The molecule has 1 N–H and O–H groups in total. The lowest BCUT2D eigenvalue weighted by Gasteiger charge is -2.18. The molecule has 1 aromatic rings. The van der Waals surface area contributed by atoms with Gasteiger partial charge >= 0.3 is 0 Å². The van der Waals surface area contributed by atoms with Crippen LogP contribution in [-0.2, 0) is 9.53 Å². The van der Waals surface area contributed by atoms with Gasteiger partial charge in [-0.1, -0.05) is 30.3 Å². The highest BCUT2D eigenvalue weighted by Crippen LogP contribution is 2.12. The fourth-order valence-electron chi connectivity index (χ4n) is 1.64. The standard InChI is InChI=1S/C15H19NO2/c1-3-4-6-11-15(17)16-14(12-18-2)13-9-7-5-8-10-13/h5,7-10,14H,6,11-12H2,1-2H3,(H,16,17)/t14-/m0/s1. The van der Waals surface area contributed by atoms with Gasteiger partial charge in [0.2, 0.25) is 5.91 Å². The Hall–Kier alpha value is -1.79. The molecule has 0 aliphatic carbocycles. The summed E-state index contributed by atoms with van der Waals surface area (Å²) >= 11 is 0. The molecule has 0 bridgehead atoms. The summed E-state index contributed by atoms with van der Waals surface area (Å²) in [6.07, 6.45) is 1.02. The lowest BCUT2D eigenvalue weighted by atomic mass is 10.1. The zero-order valence-electron chi connectivity index (χ0n) is 10.9. The van der Waals surface area contributed by atoms with Gasteiger partial charge in [-0.15, -0.1) is 11.8 Å². The number of hydrogen-bond donors (Lipinski definition) is 1. The minimum Gasteiger partial charge on any atom is -0.382 e. The maximum atomic E-state index is 11.7. The average molecular weight is 245 g/mol. The molecule has 0 aromatic heterocycles. The highest BCUT2D eigenvalue weighted by Gasteiger charge is 2.13. The molecule has 0 saturated heterocycles. The second-order valence-corrected chi connectivity index (χ2v) is 3.91. The Morgan fingerprint density at radius 1 is 1.39 bits per heavy atom. The largest absolute Gasteiger partial charge is 0.382 e. The van der Waals surface area contributed by atoms with Crippen LogP contribution < -0.4 is 5.32 Å². The summed E-state index contributed by atoms with van der Waals surface area (Å²) in [6.45, 7) is 2.24. The quantitative estimate of drug-likeness (QED) is 0.781. The Kier molecular flexibility index (Phi) is 6.60. The van der Waals surface area contributed by atoms with Crippen LogP contribution in [0.5, 0.6) is 0 Å². The molecule has 0 heterocycles. The van der Waals surface area contributed by atoms with Gasteiger partial charge in [-0.25, -0.2) is 0 Å². The topological polar surface area (TPSA) is 38.3 Å². The van der Waals surface area contributed by atoms with Crippen molar-refractivity contribution >= 4 is 5.91 Å². The summed E-state index contributed by atoms with van der Waals surface area (Å²) in [6, 6.07) is 9.72. The van der Waals surface area contributed by atoms with Gasteiger partial charge in [-0.05, 0) is 12.5 Å².